The molecule has 3 aromatic heterocycles. The van der Waals surface area contributed by atoms with Gasteiger partial charge in [0.05, 0.1) is 28.1 Å². The first kappa shape index (κ1) is 22.8. The van der Waals surface area contributed by atoms with E-state index in [1.54, 1.807) is 17.7 Å². The smallest absolute Gasteiger partial charge is 0.127 e. The van der Waals surface area contributed by atoms with Crippen molar-refractivity contribution >= 4 is 43.5 Å². The molecule has 1 aliphatic heterocycles. The predicted octanol–water partition coefficient (Wildman–Crippen LogP) is 7.82. The number of fused-ring (bicyclic) bond motifs is 5. The van der Waals surface area contributed by atoms with E-state index in [0.29, 0.717) is 6.61 Å². The van der Waals surface area contributed by atoms with Gasteiger partial charge in [-0.05, 0) is 31.6 Å². The Balaban J connectivity index is 1.59. The average molecular weight is 478 g/mol. The molecule has 33 heavy (non-hydrogen) atoms. The van der Waals surface area contributed by atoms with E-state index in [0.717, 1.165) is 38.8 Å². The lowest BCUT2D eigenvalue weighted by molar-refractivity contribution is -0.0394. The Morgan fingerprint density at radius 3 is 2.67 bits per heavy atom. The number of pyridine rings is 1. The number of hydrogen-bond donors (Lipinski definition) is 0. The summed E-state index contributed by atoms with van der Waals surface area (Å²) >= 11 is 3.61. The van der Waals surface area contributed by atoms with E-state index in [1.807, 2.05) is 11.8 Å². The Kier molecular flexibility index (Phi) is 6.68. The molecule has 0 radical (unpaired) electrons. The van der Waals surface area contributed by atoms with Gasteiger partial charge in [0.2, 0.25) is 0 Å². The van der Waals surface area contributed by atoms with Gasteiger partial charge in [0.15, 0.2) is 0 Å². The third-order valence-electron chi connectivity index (χ3n) is 6.33. The van der Waals surface area contributed by atoms with Crippen molar-refractivity contribution in [2.45, 2.75) is 76.5 Å². The summed E-state index contributed by atoms with van der Waals surface area (Å²) in [6, 6.07) is 10.5. The number of benzene rings is 1. The topological polar surface area (TPSA) is 47.9 Å². The predicted molar refractivity (Wildman–Crippen MR) is 140 cm³/mol. The number of nitrogens with zero attached hydrogens (tertiary/aromatic N) is 3. The zero-order valence-electron chi connectivity index (χ0n) is 19.7. The third kappa shape index (κ3) is 4.66. The fraction of sp³-hybridized carbons (Fsp3) is 0.444. The zero-order chi connectivity index (χ0) is 22.8. The van der Waals surface area contributed by atoms with Gasteiger partial charge in [-0.2, -0.15) is 0 Å². The highest BCUT2D eigenvalue weighted by molar-refractivity contribution is 7.99. The second-order valence-electron chi connectivity index (χ2n) is 9.41. The quantitative estimate of drug-likeness (QED) is 0.147. The van der Waals surface area contributed by atoms with E-state index in [2.05, 4.69) is 56.1 Å². The molecule has 0 aliphatic carbocycles. The highest BCUT2D eigenvalue weighted by Gasteiger charge is 2.32. The van der Waals surface area contributed by atoms with Crippen LogP contribution in [0.4, 0.5) is 0 Å². The molecule has 6 heteroatoms. The van der Waals surface area contributed by atoms with Crippen molar-refractivity contribution in [2.24, 2.45) is 0 Å². The molecule has 0 saturated carbocycles. The zero-order valence-corrected chi connectivity index (χ0v) is 21.3. The highest BCUT2D eigenvalue weighted by Crippen LogP contribution is 2.44. The first-order chi connectivity index (χ1) is 16.1. The number of unbranched alkanes of at least 4 members (excludes halogenated alkanes) is 4. The lowest BCUT2D eigenvalue weighted by Gasteiger charge is -2.33. The second-order valence-corrected chi connectivity index (χ2v) is 11.5. The van der Waals surface area contributed by atoms with Crippen molar-refractivity contribution in [2.75, 3.05) is 5.75 Å². The summed E-state index contributed by atoms with van der Waals surface area (Å²) < 4.78 is 7.41. The molecule has 1 aromatic carbocycles. The molecule has 0 fully saturated rings. The lowest BCUT2D eigenvalue weighted by atomic mass is 9.88. The Hall–Kier alpha value is -2.02. The number of thiophene rings is 1. The fourth-order valence-corrected chi connectivity index (χ4v) is 6.83. The van der Waals surface area contributed by atoms with Crippen molar-refractivity contribution in [3.8, 4) is 11.3 Å². The summed E-state index contributed by atoms with van der Waals surface area (Å²) in [6.45, 7) is 7.19. The minimum atomic E-state index is -0.202. The summed E-state index contributed by atoms with van der Waals surface area (Å²) in [5, 5.41) is 2.30. The van der Waals surface area contributed by atoms with Gasteiger partial charge in [-0.25, -0.2) is 15.0 Å². The van der Waals surface area contributed by atoms with E-state index < -0.39 is 0 Å². The Bertz CT molecular complexity index is 1270. The van der Waals surface area contributed by atoms with Crippen molar-refractivity contribution in [3.05, 3.63) is 47.8 Å². The summed E-state index contributed by atoms with van der Waals surface area (Å²) in [6.07, 6.45) is 9.07. The maximum absolute atomic E-state index is 6.24. The van der Waals surface area contributed by atoms with Crippen LogP contribution in [-0.4, -0.2) is 26.3 Å². The SMILES string of the molecule is CCCCCCCSc1ncnc2c1sc1nc(-c3ccccc3)c3c(c12)CC(C)(C)OC3. The minimum Gasteiger partial charge on any atom is -0.370 e. The summed E-state index contributed by atoms with van der Waals surface area (Å²) in [5.74, 6) is 1.10. The van der Waals surface area contributed by atoms with Gasteiger partial charge in [0.25, 0.3) is 0 Å². The van der Waals surface area contributed by atoms with Crippen molar-refractivity contribution in [3.63, 3.8) is 0 Å². The number of thioether (sulfide) groups is 1. The Morgan fingerprint density at radius 1 is 1.03 bits per heavy atom. The summed E-state index contributed by atoms with van der Waals surface area (Å²) in [4.78, 5) is 15.7. The Labute approximate surface area is 204 Å². The molecule has 0 amide bonds. The molecule has 4 aromatic rings. The monoisotopic (exact) mass is 477 g/mol. The molecule has 0 unspecified atom stereocenters. The van der Waals surface area contributed by atoms with Crippen LogP contribution in [0.3, 0.4) is 0 Å². The molecule has 4 nitrogen and oxygen atoms in total. The van der Waals surface area contributed by atoms with E-state index in [-0.39, 0.29) is 5.60 Å². The van der Waals surface area contributed by atoms with Gasteiger partial charge >= 0.3 is 0 Å². The van der Waals surface area contributed by atoms with E-state index in [1.165, 1.54) is 53.3 Å². The van der Waals surface area contributed by atoms with Crippen LogP contribution in [0.5, 0.6) is 0 Å². The molecule has 5 rings (SSSR count). The molecule has 0 N–H and O–H groups in total. The molecule has 172 valence electrons. The molecular weight excluding hydrogens is 446 g/mol. The van der Waals surface area contributed by atoms with Gasteiger partial charge in [-0.1, -0.05) is 62.9 Å². The maximum atomic E-state index is 6.24. The van der Waals surface area contributed by atoms with Crippen LogP contribution < -0.4 is 0 Å². The van der Waals surface area contributed by atoms with Gasteiger partial charge in [-0.15, -0.1) is 23.1 Å². The average Bonchev–Trinajstić information content (AvgIpc) is 3.20. The van der Waals surface area contributed by atoms with Crippen molar-refractivity contribution < 1.29 is 4.74 Å². The first-order valence-electron chi connectivity index (χ1n) is 12.0. The van der Waals surface area contributed by atoms with E-state index >= 15 is 0 Å². The van der Waals surface area contributed by atoms with Gasteiger partial charge < -0.3 is 4.74 Å². The van der Waals surface area contributed by atoms with Crippen LogP contribution in [0.25, 0.3) is 31.7 Å². The fourth-order valence-electron chi connectivity index (χ4n) is 4.60. The number of hydrogen-bond acceptors (Lipinski definition) is 6. The van der Waals surface area contributed by atoms with Gasteiger partial charge in [0, 0.05) is 22.9 Å². The van der Waals surface area contributed by atoms with Crippen molar-refractivity contribution in [1.29, 1.82) is 0 Å². The number of aromatic nitrogens is 3. The molecule has 4 heterocycles. The van der Waals surface area contributed by atoms with Crippen molar-refractivity contribution in [1.82, 2.24) is 15.0 Å². The number of ether oxygens (including phenoxy) is 1. The van der Waals surface area contributed by atoms with Crippen LogP contribution in [0.15, 0.2) is 41.7 Å². The normalized spacial score (nSPS) is 15.2. The molecular formula is C27H31N3OS2. The van der Waals surface area contributed by atoms with E-state index in [4.69, 9.17) is 14.7 Å². The van der Waals surface area contributed by atoms with Crippen LogP contribution in [0.2, 0.25) is 0 Å². The molecule has 0 bridgehead atoms. The van der Waals surface area contributed by atoms with E-state index in [9.17, 15) is 0 Å². The highest BCUT2D eigenvalue weighted by atomic mass is 32.2. The summed E-state index contributed by atoms with van der Waals surface area (Å²) in [5.41, 5.74) is 5.58. The second kappa shape index (κ2) is 9.69. The van der Waals surface area contributed by atoms with Crippen LogP contribution in [0.1, 0.15) is 64.0 Å². The van der Waals surface area contributed by atoms with Gasteiger partial charge in [-0.3, -0.25) is 0 Å². The standard InChI is InChI=1S/C27H31N3OS2/c1-4-5-6-7-11-14-32-26-24-23(28-17-29-26)21-19-15-27(2,3)31-16-20(19)22(30-25(21)33-24)18-12-9-8-10-13-18/h8-10,12-13,17H,4-7,11,14-16H2,1-3H3. The first-order valence-corrected chi connectivity index (χ1v) is 13.8. The number of rotatable bonds is 8. The van der Waals surface area contributed by atoms with Crippen LogP contribution in [-0.2, 0) is 17.8 Å². The maximum Gasteiger partial charge on any atom is 0.127 e. The minimum absolute atomic E-state index is 0.202. The van der Waals surface area contributed by atoms with Crippen LogP contribution in [0, 0.1) is 0 Å². The molecule has 0 saturated heterocycles. The third-order valence-corrected chi connectivity index (χ3v) is 8.61. The molecule has 0 spiro atoms. The molecule has 0 atom stereocenters. The largest absolute Gasteiger partial charge is 0.370 e. The lowest BCUT2D eigenvalue weighted by Crippen LogP contribution is -2.32. The van der Waals surface area contributed by atoms with Gasteiger partial charge in [0.1, 0.15) is 16.2 Å². The van der Waals surface area contributed by atoms with Crippen LogP contribution >= 0.6 is 23.1 Å². The summed E-state index contributed by atoms with van der Waals surface area (Å²) in [7, 11) is 0. The molecule has 1 aliphatic rings. The Morgan fingerprint density at radius 2 is 1.85 bits per heavy atom.